The molecule has 0 aromatic heterocycles. The van der Waals surface area contributed by atoms with Crippen LogP contribution in [0.4, 0.5) is 5.69 Å². The molecule has 3 aromatic rings. The first-order valence-corrected chi connectivity index (χ1v) is 14.8. The second kappa shape index (κ2) is 13.1. The van der Waals surface area contributed by atoms with Crippen molar-refractivity contribution < 1.29 is 18.0 Å². The number of nitrogens with zero attached hydrogens (tertiary/aromatic N) is 2. The van der Waals surface area contributed by atoms with Gasteiger partial charge in [0.1, 0.15) is 12.6 Å². The van der Waals surface area contributed by atoms with Crippen LogP contribution in [0, 0.1) is 13.8 Å². The number of carbonyl (C=O) groups is 2. The fourth-order valence-electron chi connectivity index (χ4n) is 4.10. The summed E-state index contributed by atoms with van der Waals surface area (Å²) in [7, 11) is -4.15. The van der Waals surface area contributed by atoms with Crippen molar-refractivity contribution in [3.05, 3.63) is 94.5 Å². The van der Waals surface area contributed by atoms with Crippen LogP contribution in [-0.4, -0.2) is 43.8 Å². The third kappa shape index (κ3) is 7.40. The molecular formula is C30H36ClN3O4S. The lowest BCUT2D eigenvalue weighted by Crippen LogP contribution is -2.52. The number of aryl methyl sites for hydroxylation is 2. The Balaban J connectivity index is 2.07. The summed E-state index contributed by atoms with van der Waals surface area (Å²) in [6, 6.07) is 19.6. The summed E-state index contributed by atoms with van der Waals surface area (Å²) < 4.78 is 28.9. The second-order valence-electron chi connectivity index (χ2n) is 9.70. The summed E-state index contributed by atoms with van der Waals surface area (Å²) in [5.41, 5.74) is 2.77. The van der Waals surface area contributed by atoms with E-state index in [0.29, 0.717) is 16.3 Å². The van der Waals surface area contributed by atoms with E-state index in [1.54, 1.807) is 44.2 Å². The Kier molecular flexibility index (Phi) is 10.2. The zero-order valence-corrected chi connectivity index (χ0v) is 24.6. The Morgan fingerprint density at radius 3 is 2.21 bits per heavy atom. The summed E-state index contributed by atoms with van der Waals surface area (Å²) in [5, 5.41) is 3.28. The maximum absolute atomic E-state index is 14.0. The van der Waals surface area contributed by atoms with Gasteiger partial charge >= 0.3 is 0 Å². The van der Waals surface area contributed by atoms with Gasteiger partial charge in [-0.1, -0.05) is 67.1 Å². The number of halogens is 1. The van der Waals surface area contributed by atoms with E-state index in [0.717, 1.165) is 21.9 Å². The molecule has 0 saturated heterocycles. The summed E-state index contributed by atoms with van der Waals surface area (Å²) in [5.74, 6) is -0.813. The normalized spacial score (nSPS) is 12.9. The highest BCUT2D eigenvalue weighted by atomic mass is 35.5. The Hall–Kier alpha value is -3.36. The number of nitrogens with one attached hydrogen (secondary N) is 1. The van der Waals surface area contributed by atoms with Crippen molar-refractivity contribution in [2.24, 2.45) is 0 Å². The van der Waals surface area contributed by atoms with Crippen LogP contribution in [0.15, 0.2) is 77.7 Å². The molecule has 39 heavy (non-hydrogen) atoms. The van der Waals surface area contributed by atoms with Gasteiger partial charge < -0.3 is 10.2 Å². The lowest BCUT2D eigenvalue weighted by Gasteiger charge is -2.33. The highest BCUT2D eigenvalue weighted by molar-refractivity contribution is 7.92. The average Bonchev–Trinajstić information content (AvgIpc) is 2.92. The van der Waals surface area contributed by atoms with E-state index >= 15 is 0 Å². The minimum absolute atomic E-state index is 0.0465. The van der Waals surface area contributed by atoms with Crippen molar-refractivity contribution in [1.82, 2.24) is 10.2 Å². The van der Waals surface area contributed by atoms with Crippen molar-refractivity contribution in [3.8, 4) is 0 Å². The van der Waals surface area contributed by atoms with Crippen LogP contribution in [0.3, 0.4) is 0 Å². The number of anilines is 1. The quantitative estimate of drug-likeness (QED) is 0.331. The second-order valence-corrected chi connectivity index (χ2v) is 12.0. The zero-order chi connectivity index (χ0) is 28.7. The first-order valence-electron chi connectivity index (χ1n) is 12.9. The number of sulfonamides is 1. The number of carbonyl (C=O) groups excluding carboxylic acids is 2. The van der Waals surface area contributed by atoms with Crippen molar-refractivity contribution >= 4 is 39.1 Å². The number of amides is 2. The van der Waals surface area contributed by atoms with Crippen LogP contribution in [0.5, 0.6) is 0 Å². The molecule has 0 heterocycles. The van der Waals surface area contributed by atoms with E-state index in [1.807, 2.05) is 45.0 Å². The lowest BCUT2D eigenvalue weighted by molar-refractivity contribution is -0.139. The Bertz CT molecular complexity index is 1410. The molecule has 0 spiro atoms. The Morgan fingerprint density at radius 2 is 1.56 bits per heavy atom. The van der Waals surface area contributed by atoms with Gasteiger partial charge in [0, 0.05) is 17.6 Å². The summed E-state index contributed by atoms with van der Waals surface area (Å²) >= 11 is 6.27. The standard InChI is InChI=1S/C30H36ClN3O4S/c1-6-23(4)32-30(36)24(5)33(19-25-13-11-10-12-21(25)2)29(35)20-34(28-18-26(31)17-16-22(28)3)39(37,38)27-14-8-7-9-15-27/h7-18,23-24H,6,19-20H2,1-5H3,(H,32,36)/t23-,24+/m0/s1. The van der Waals surface area contributed by atoms with Crippen molar-refractivity contribution in [2.75, 3.05) is 10.8 Å². The smallest absolute Gasteiger partial charge is 0.264 e. The minimum atomic E-state index is -4.15. The molecule has 0 aliphatic carbocycles. The maximum atomic E-state index is 14.0. The molecule has 0 aliphatic rings. The van der Waals surface area contributed by atoms with E-state index in [2.05, 4.69) is 5.32 Å². The van der Waals surface area contributed by atoms with Crippen molar-refractivity contribution in [2.45, 2.75) is 64.6 Å². The predicted molar refractivity (Wildman–Crippen MR) is 156 cm³/mol. The Morgan fingerprint density at radius 1 is 0.923 bits per heavy atom. The summed E-state index contributed by atoms with van der Waals surface area (Å²) in [4.78, 5) is 28.7. The number of hydrogen-bond donors (Lipinski definition) is 1. The van der Waals surface area contributed by atoms with Gasteiger partial charge in [0.2, 0.25) is 11.8 Å². The van der Waals surface area contributed by atoms with E-state index in [9.17, 15) is 18.0 Å². The molecule has 2 atom stereocenters. The van der Waals surface area contributed by atoms with E-state index in [1.165, 1.54) is 23.1 Å². The largest absolute Gasteiger partial charge is 0.352 e. The molecule has 208 valence electrons. The molecule has 1 N–H and O–H groups in total. The lowest BCUT2D eigenvalue weighted by atomic mass is 10.1. The fourth-order valence-corrected chi connectivity index (χ4v) is 5.76. The van der Waals surface area contributed by atoms with Gasteiger partial charge in [0.05, 0.1) is 10.6 Å². The minimum Gasteiger partial charge on any atom is -0.352 e. The molecule has 0 aliphatic heterocycles. The highest BCUT2D eigenvalue weighted by Gasteiger charge is 2.33. The van der Waals surface area contributed by atoms with Crippen LogP contribution in [-0.2, 0) is 26.2 Å². The van der Waals surface area contributed by atoms with Gasteiger partial charge in [0.25, 0.3) is 10.0 Å². The molecular weight excluding hydrogens is 534 g/mol. The summed E-state index contributed by atoms with van der Waals surface area (Å²) in [6.45, 7) is 8.86. The van der Waals surface area contributed by atoms with E-state index in [4.69, 9.17) is 11.6 Å². The van der Waals surface area contributed by atoms with Crippen molar-refractivity contribution in [1.29, 1.82) is 0 Å². The van der Waals surface area contributed by atoms with Crippen LogP contribution in [0.1, 0.15) is 43.9 Å². The molecule has 9 heteroatoms. The third-order valence-corrected chi connectivity index (χ3v) is 8.83. The number of hydrogen-bond acceptors (Lipinski definition) is 4. The van der Waals surface area contributed by atoms with Crippen LogP contribution in [0.2, 0.25) is 5.02 Å². The van der Waals surface area contributed by atoms with Gasteiger partial charge in [-0.15, -0.1) is 0 Å². The molecule has 7 nitrogen and oxygen atoms in total. The molecule has 0 radical (unpaired) electrons. The molecule has 0 fully saturated rings. The van der Waals surface area contributed by atoms with Crippen LogP contribution in [0.25, 0.3) is 0 Å². The number of rotatable bonds is 11. The molecule has 0 bridgehead atoms. The maximum Gasteiger partial charge on any atom is 0.264 e. The topological polar surface area (TPSA) is 86.8 Å². The van der Waals surface area contributed by atoms with Gasteiger partial charge in [-0.2, -0.15) is 0 Å². The summed E-state index contributed by atoms with van der Waals surface area (Å²) in [6.07, 6.45) is 0.737. The average molecular weight is 570 g/mol. The van der Waals surface area contributed by atoms with Gasteiger partial charge in [0.15, 0.2) is 0 Å². The molecule has 0 unspecified atom stereocenters. The molecule has 3 rings (SSSR count). The zero-order valence-electron chi connectivity index (χ0n) is 23.0. The van der Waals surface area contributed by atoms with E-state index in [-0.39, 0.29) is 23.4 Å². The first kappa shape index (κ1) is 30.2. The van der Waals surface area contributed by atoms with Crippen LogP contribution >= 0.6 is 11.6 Å². The Labute approximate surface area is 236 Å². The van der Waals surface area contributed by atoms with Gasteiger partial charge in [-0.05, 0) is 75.1 Å². The first-order chi connectivity index (χ1) is 18.4. The molecule has 3 aromatic carbocycles. The third-order valence-electron chi connectivity index (χ3n) is 6.82. The highest BCUT2D eigenvalue weighted by Crippen LogP contribution is 2.30. The van der Waals surface area contributed by atoms with Gasteiger partial charge in [-0.3, -0.25) is 13.9 Å². The van der Waals surface area contributed by atoms with Crippen molar-refractivity contribution in [3.63, 3.8) is 0 Å². The SMILES string of the molecule is CC[C@H](C)NC(=O)[C@@H](C)N(Cc1ccccc1C)C(=O)CN(c1cc(Cl)ccc1C)S(=O)(=O)c1ccccc1. The monoisotopic (exact) mass is 569 g/mol. The molecule has 0 saturated carbocycles. The van der Waals surface area contributed by atoms with E-state index < -0.39 is 28.5 Å². The molecule has 2 amide bonds. The predicted octanol–water partition coefficient (Wildman–Crippen LogP) is 5.48. The van der Waals surface area contributed by atoms with Gasteiger partial charge in [-0.25, -0.2) is 8.42 Å². The van der Waals surface area contributed by atoms with Crippen LogP contribution < -0.4 is 9.62 Å². The fraction of sp³-hybridized carbons (Fsp3) is 0.333. The number of benzene rings is 3.